The Hall–Kier alpha value is -4.47. The van der Waals surface area contributed by atoms with E-state index in [9.17, 15) is 9.59 Å². The van der Waals surface area contributed by atoms with Gasteiger partial charge in [-0.1, -0.05) is 30.2 Å². The molecule has 4 N–H and O–H groups in total. The molecule has 2 amide bonds. The second-order valence-corrected chi connectivity index (χ2v) is 9.10. The summed E-state index contributed by atoms with van der Waals surface area (Å²) in [5, 5.41) is 15.2. The molecule has 4 rings (SSSR count). The number of carbonyl (C=O) groups excluding carboxylic acids is 2. The number of carbonyl (C=O) groups is 2. The highest BCUT2D eigenvalue weighted by Crippen LogP contribution is 2.24. The lowest BCUT2D eigenvalue weighted by atomic mass is 10.1. The van der Waals surface area contributed by atoms with Crippen LogP contribution in [-0.2, 0) is 16.0 Å². The van der Waals surface area contributed by atoms with Gasteiger partial charge >= 0.3 is 0 Å². The number of terminal acetylenes is 1. The fraction of sp³-hybridized carbons (Fsp3) is 0.310. The molecular formula is C29H33ClN6O3. The SMILES string of the molecule is C#C.Cc1cc2cc(N=C(N)NC#N)ccc2o1.O=C(CN1CCCCCC1=O)NCCc1ccc(Cl)cc1. The van der Waals surface area contributed by atoms with Gasteiger partial charge in [-0.2, -0.15) is 5.26 Å². The molecule has 0 bridgehead atoms. The molecule has 1 saturated heterocycles. The van der Waals surface area contributed by atoms with Gasteiger partial charge in [0.05, 0.1) is 12.2 Å². The van der Waals surface area contributed by atoms with Gasteiger partial charge in [-0.25, -0.2) is 4.99 Å². The molecule has 1 aliphatic heterocycles. The standard InChI is InChI=1S/C16H21ClN2O2.C11H10N4O.C2H2/c17-14-7-5-13(6-8-14)9-10-18-15(20)12-19-11-3-1-2-4-16(19)21;1-7-4-8-5-9(2-3-10(8)16-7)15-11(13)14-6-12;1-2/h5-8H,1-4,9-12H2,(H,18,20);2-5H,1H3,(H3,13,14,15);1-2H. The molecule has 1 aromatic heterocycles. The molecule has 0 atom stereocenters. The molecule has 0 spiro atoms. The van der Waals surface area contributed by atoms with E-state index in [4.69, 9.17) is 27.0 Å². The van der Waals surface area contributed by atoms with Gasteiger partial charge in [-0.05, 0) is 68.1 Å². The van der Waals surface area contributed by atoms with Crippen LogP contribution in [0.4, 0.5) is 5.69 Å². The number of guanidine groups is 1. The van der Waals surface area contributed by atoms with Crippen LogP contribution >= 0.6 is 11.6 Å². The third-order valence-electron chi connectivity index (χ3n) is 5.71. The number of aliphatic imine (C=N–C) groups is 1. The number of benzene rings is 2. The predicted molar refractivity (Wildman–Crippen MR) is 154 cm³/mol. The topological polar surface area (TPSA) is 137 Å². The first-order valence-electron chi connectivity index (χ1n) is 12.5. The van der Waals surface area contributed by atoms with Gasteiger partial charge in [0.25, 0.3) is 0 Å². The molecule has 204 valence electrons. The summed E-state index contributed by atoms with van der Waals surface area (Å²) in [7, 11) is 0. The van der Waals surface area contributed by atoms with Crippen LogP contribution in [0.3, 0.4) is 0 Å². The van der Waals surface area contributed by atoms with Crippen LogP contribution in [0.1, 0.15) is 37.0 Å². The van der Waals surface area contributed by atoms with E-state index < -0.39 is 0 Å². The van der Waals surface area contributed by atoms with Crippen molar-refractivity contribution in [1.29, 1.82) is 5.26 Å². The maximum absolute atomic E-state index is 11.9. The van der Waals surface area contributed by atoms with Crippen molar-refractivity contribution in [1.82, 2.24) is 15.5 Å². The van der Waals surface area contributed by atoms with Gasteiger partial charge in [0.2, 0.25) is 17.8 Å². The van der Waals surface area contributed by atoms with Crippen molar-refractivity contribution in [3.63, 3.8) is 0 Å². The average molecular weight is 549 g/mol. The lowest BCUT2D eigenvalue weighted by molar-refractivity contribution is -0.135. The fourth-order valence-electron chi connectivity index (χ4n) is 3.89. The second kappa shape index (κ2) is 16.4. The minimum absolute atomic E-state index is 0.0714. The van der Waals surface area contributed by atoms with Gasteiger partial charge < -0.3 is 20.4 Å². The summed E-state index contributed by atoms with van der Waals surface area (Å²) < 4.78 is 5.43. The fourth-order valence-corrected chi connectivity index (χ4v) is 4.02. The van der Waals surface area contributed by atoms with E-state index in [2.05, 4.69) is 28.5 Å². The van der Waals surface area contributed by atoms with E-state index in [0.717, 1.165) is 48.0 Å². The van der Waals surface area contributed by atoms with Crippen LogP contribution in [0, 0.1) is 31.2 Å². The molecule has 3 aromatic rings. The van der Waals surface area contributed by atoms with E-state index in [1.807, 2.05) is 49.4 Å². The summed E-state index contributed by atoms with van der Waals surface area (Å²) in [6.45, 7) is 3.33. The number of halogens is 1. The minimum atomic E-state index is -0.0841. The number of rotatable bonds is 6. The zero-order chi connectivity index (χ0) is 28.6. The largest absolute Gasteiger partial charge is 0.461 e. The molecule has 39 heavy (non-hydrogen) atoms. The highest BCUT2D eigenvalue weighted by Gasteiger charge is 2.18. The van der Waals surface area contributed by atoms with Crippen molar-refractivity contribution in [2.75, 3.05) is 19.6 Å². The van der Waals surface area contributed by atoms with Gasteiger partial charge in [0.15, 0.2) is 6.19 Å². The zero-order valence-corrected chi connectivity index (χ0v) is 22.7. The first-order chi connectivity index (χ1) is 18.8. The molecular weight excluding hydrogens is 516 g/mol. The Morgan fingerprint density at radius 2 is 1.92 bits per heavy atom. The van der Waals surface area contributed by atoms with Crippen molar-refractivity contribution in [3.05, 3.63) is 64.9 Å². The number of aryl methyl sites for hydroxylation is 1. The number of nitrogens with zero attached hydrogens (tertiary/aromatic N) is 3. The Morgan fingerprint density at radius 1 is 1.18 bits per heavy atom. The number of nitrogens with two attached hydrogens (primary N) is 1. The summed E-state index contributed by atoms with van der Waals surface area (Å²) in [6.07, 6.45) is 14.0. The van der Waals surface area contributed by atoms with Gasteiger partial charge in [0.1, 0.15) is 11.3 Å². The predicted octanol–water partition coefficient (Wildman–Crippen LogP) is 4.41. The third kappa shape index (κ3) is 10.8. The molecule has 10 heteroatoms. The van der Waals surface area contributed by atoms with Crippen LogP contribution in [-0.4, -0.2) is 42.3 Å². The quantitative estimate of drug-likeness (QED) is 0.137. The Labute approximate surface area is 234 Å². The first-order valence-corrected chi connectivity index (χ1v) is 12.8. The second-order valence-electron chi connectivity index (χ2n) is 8.67. The maximum Gasteiger partial charge on any atom is 0.239 e. The lowest BCUT2D eigenvalue weighted by Crippen LogP contribution is -2.41. The van der Waals surface area contributed by atoms with Crippen molar-refractivity contribution < 1.29 is 14.0 Å². The number of fused-ring (bicyclic) bond motifs is 1. The summed E-state index contributed by atoms with van der Waals surface area (Å²) in [5.41, 5.74) is 8.07. The van der Waals surface area contributed by atoms with Crippen molar-refractivity contribution in [2.45, 2.75) is 39.0 Å². The average Bonchev–Trinajstić information content (AvgIpc) is 3.17. The smallest absolute Gasteiger partial charge is 0.239 e. The number of nitriles is 1. The number of amides is 2. The van der Waals surface area contributed by atoms with Crippen molar-refractivity contribution in [3.8, 4) is 19.0 Å². The number of nitrogens with one attached hydrogen (secondary N) is 2. The molecule has 0 unspecified atom stereocenters. The Morgan fingerprint density at radius 3 is 2.64 bits per heavy atom. The summed E-state index contributed by atoms with van der Waals surface area (Å²) in [6, 6.07) is 14.9. The number of hydrogen-bond donors (Lipinski definition) is 3. The van der Waals surface area contributed by atoms with Crippen LogP contribution in [0.25, 0.3) is 11.0 Å². The van der Waals surface area contributed by atoms with Gasteiger partial charge in [-0.15, -0.1) is 12.8 Å². The van der Waals surface area contributed by atoms with Crippen molar-refractivity contribution in [2.24, 2.45) is 10.7 Å². The Kier molecular flexibility index (Phi) is 12.9. The highest BCUT2D eigenvalue weighted by atomic mass is 35.5. The molecule has 2 heterocycles. The molecule has 0 radical (unpaired) electrons. The molecule has 2 aromatic carbocycles. The van der Waals surface area contributed by atoms with E-state index >= 15 is 0 Å². The Bertz CT molecular complexity index is 1320. The van der Waals surface area contributed by atoms with E-state index in [-0.39, 0.29) is 24.3 Å². The monoisotopic (exact) mass is 548 g/mol. The van der Waals surface area contributed by atoms with Crippen LogP contribution < -0.4 is 16.4 Å². The van der Waals surface area contributed by atoms with E-state index in [1.165, 1.54) is 0 Å². The summed E-state index contributed by atoms with van der Waals surface area (Å²) >= 11 is 5.82. The molecule has 1 fully saturated rings. The first kappa shape index (κ1) is 30.8. The normalized spacial score (nSPS) is 13.2. The lowest BCUT2D eigenvalue weighted by Gasteiger charge is -2.19. The summed E-state index contributed by atoms with van der Waals surface area (Å²) in [4.78, 5) is 29.4. The molecule has 1 aliphatic rings. The molecule has 0 saturated carbocycles. The van der Waals surface area contributed by atoms with Gasteiger partial charge in [-0.3, -0.25) is 14.9 Å². The minimum Gasteiger partial charge on any atom is -0.461 e. The van der Waals surface area contributed by atoms with Crippen LogP contribution in [0.2, 0.25) is 5.02 Å². The summed E-state index contributed by atoms with van der Waals surface area (Å²) in [5.74, 6) is 0.931. The number of furan rings is 1. The highest BCUT2D eigenvalue weighted by molar-refractivity contribution is 6.30. The van der Waals surface area contributed by atoms with Crippen LogP contribution in [0.5, 0.6) is 0 Å². The van der Waals surface area contributed by atoms with E-state index in [0.29, 0.717) is 30.2 Å². The third-order valence-corrected chi connectivity index (χ3v) is 5.96. The number of hydrogen-bond acceptors (Lipinski definition) is 5. The van der Waals surface area contributed by atoms with Crippen LogP contribution in [0.15, 0.2) is 57.9 Å². The zero-order valence-electron chi connectivity index (χ0n) is 22.0. The van der Waals surface area contributed by atoms with Crippen molar-refractivity contribution >= 4 is 46.0 Å². The van der Waals surface area contributed by atoms with E-state index in [1.54, 1.807) is 17.2 Å². The maximum atomic E-state index is 11.9. The van der Waals surface area contributed by atoms with Gasteiger partial charge in [0, 0.05) is 29.9 Å². The number of likely N-dealkylation sites (tertiary alicyclic amines) is 1. The Balaban J connectivity index is 0.000000265. The molecule has 0 aliphatic carbocycles. The molecule has 9 nitrogen and oxygen atoms in total.